The van der Waals surface area contributed by atoms with E-state index in [-0.39, 0.29) is 4.90 Å². The van der Waals surface area contributed by atoms with Crippen molar-refractivity contribution in [2.24, 2.45) is 0 Å². The van der Waals surface area contributed by atoms with Crippen LogP contribution >= 0.6 is 0 Å². The summed E-state index contributed by atoms with van der Waals surface area (Å²) in [6.07, 6.45) is 0. The number of aryl methyl sites for hydroxylation is 1. The molecule has 0 radical (unpaired) electrons. The van der Waals surface area contributed by atoms with Gasteiger partial charge in [-0.1, -0.05) is 0 Å². The summed E-state index contributed by atoms with van der Waals surface area (Å²) in [7, 11) is -4.02. The van der Waals surface area contributed by atoms with Gasteiger partial charge in [0.2, 0.25) is 10.0 Å². The summed E-state index contributed by atoms with van der Waals surface area (Å²) in [4.78, 5) is 10.7. The van der Waals surface area contributed by atoms with Gasteiger partial charge in [-0.2, -0.15) is 4.72 Å². The molecule has 0 aliphatic heterocycles. The summed E-state index contributed by atoms with van der Waals surface area (Å²) >= 11 is 0. The maximum Gasteiger partial charge on any atom is 0.324 e. The molecule has 0 bridgehead atoms. The van der Waals surface area contributed by atoms with Crippen molar-refractivity contribution in [3.05, 3.63) is 23.8 Å². The van der Waals surface area contributed by atoms with Crippen LogP contribution < -0.4 is 9.46 Å². The summed E-state index contributed by atoms with van der Waals surface area (Å²) in [6.45, 7) is 3.12. The Morgan fingerprint density at radius 3 is 2.55 bits per heavy atom. The van der Waals surface area contributed by atoms with Crippen molar-refractivity contribution in [2.75, 3.05) is 13.2 Å². The van der Waals surface area contributed by atoms with Gasteiger partial charge in [0.25, 0.3) is 0 Å². The highest BCUT2D eigenvalue weighted by atomic mass is 32.2. The average Bonchev–Trinajstić information content (AvgIpc) is 2.38. The largest absolute Gasteiger partial charge is 0.494 e. The fourth-order valence-electron chi connectivity index (χ4n) is 1.53. The van der Waals surface area contributed by atoms with E-state index in [1.807, 2.05) is 11.6 Å². The van der Waals surface area contributed by atoms with E-state index in [0.717, 1.165) is 0 Å². The maximum absolute atomic E-state index is 12.0. The average molecular weight is 303 g/mol. The van der Waals surface area contributed by atoms with Crippen molar-refractivity contribution in [3.63, 3.8) is 0 Å². The first-order chi connectivity index (χ1) is 9.31. The minimum Gasteiger partial charge on any atom is -0.494 e. The maximum atomic E-state index is 12.0. The number of benzene rings is 1. The summed E-state index contributed by atoms with van der Waals surface area (Å²) in [6, 6.07) is 2.62. The van der Waals surface area contributed by atoms with Gasteiger partial charge in [-0.25, -0.2) is 8.42 Å². The molecule has 0 heterocycles. The highest BCUT2D eigenvalue weighted by molar-refractivity contribution is 7.89. The van der Waals surface area contributed by atoms with Crippen LogP contribution in [0.1, 0.15) is 12.5 Å². The van der Waals surface area contributed by atoms with Crippen molar-refractivity contribution < 1.29 is 28.2 Å². The van der Waals surface area contributed by atoms with Crippen LogP contribution in [0.4, 0.5) is 0 Å². The first-order valence-corrected chi connectivity index (χ1v) is 7.39. The zero-order valence-electron chi connectivity index (χ0n) is 11.2. The Bertz CT molecular complexity index is 584. The van der Waals surface area contributed by atoms with Gasteiger partial charge in [-0.3, -0.25) is 4.79 Å². The highest BCUT2D eigenvalue weighted by Crippen LogP contribution is 2.21. The zero-order chi connectivity index (χ0) is 15.3. The number of nitrogens with one attached hydrogen (secondary N) is 1. The molecule has 1 unspecified atom stereocenters. The third kappa shape index (κ3) is 3.92. The number of ether oxygens (including phenoxy) is 1. The van der Waals surface area contributed by atoms with Crippen LogP contribution in [0, 0.1) is 6.92 Å². The Labute approximate surface area is 117 Å². The number of aliphatic hydroxyl groups is 1. The number of aliphatic carboxylic acids is 1. The predicted molar refractivity (Wildman–Crippen MR) is 71.2 cm³/mol. The van der Waals surface area contributed by atoms with E-state index in [4.69, 9.17) is 14.9 Å². The number of carboxylic acids is 1. The van der Waals surface area contributed by atoms with Crippen LogP contribution in [0.15, 0.2) is 23.1 Å². The van der Waals surface area contributed by atoms with Gasteiger partial charge in [0.15, 0.2) is 0 Å². The molecular weight excluding hydrogens is 286 g/mol. The van der Waals surface area contributed by atoms with Crippen LogP contribution in [-0.2, 0) is 14.8 Å². The number of hydrogen-bond donors (Lipinski definition) is 3. The number of aliphatic hydroxyl groups excluding tert-OH is 1. The van der Waals surface area contributed by atoms with Crippen molar-refractivity contribution in [2.45, 2.75) is 24.8 Å². The lowest BCUT2D eigenvalue weighted by molar-refractivity contribution is -0.139. The SMILES string of the molecule is CCOc1ccc(S(=O)(=O)NC(CO)C(=O)O)cc1C. The predicted octanol–water partition coefficient (Wildman–Crippen LogP) is 0.118. The number of rotatable bonds is 7. The van der Waals surface area contributed by atoms with E-state index in [2.05, 4.69) is 0 Å². The molecule has 112 valence electrons. The quantitative estimate of drug-likeness (QED) is 0.659. The Balaban J connectivity index is 3.04. The monoisotopic (exact) mass is 303 g/mol. The molecule has 7 nitrogen and oxygen atoms in total. The van der Waals surface area contributed by atoms with Gasteiger partial charge < -0.3 is 14.9 Å². The van der Waals surface area contributed by atoms with Gasteiger partial charge in [0.05, 0.1) is 18.1 Å². The molecule has 1 aromatic carbocycles. The smallest absolute Gasteiger partial charge is 0.324 e. The molecule has 0 aliphatic carbocycles. The summed E-state index contributed by atoms with van der Waals surface area (Å²) < 4.78 is 31.2. The molecule has 1 atom stereocenters. The third-order valence-corrected chi connectivity index (χ3v) is 4.00. The lowest BCUT2D eigenvalue weighted by Gasteiger charge is -2.13. The fourth-order valence-corrected chi connectivity index (χ4v) is 2.79. The second kappa shape index (κ2) is 6.69. The molecular formula is C12H17NO6S. The Kier molecular flexibility index (Phi) is 5.49. The van der Waals surface area contributed by atoms with E-state index in [0.29, 0.717) is 17.9 Å². The molecule has 8 heteroatoms. The topological polar surface area (TPSA) is 113 Å². The number of carboxylic acid groups (broad SMARTS) is 1. The Morgan fingerprint density at radius 2 is 2.10 bits per heavy atom. The molecule has 1 rings (SSSR count). The van der Waals surface area contributed by atoms with E-state index in [1.165, 1.54) is 18.2 Å². The molecule has 0 amide bonds. The summed E-state index contributed by atoms with van der Waals surface area (Å²) in [5.74, 6) is -0.887. The van der Waals surface area contributed by atoms with Crippen LogP contribution in [-0.4, -0.2) is 43.9 Å². The minimum atomic E-state index is -4.02. The van der Waals surface area contributed by atoms with E-state index in [9.17, 15) is 13.2 Å². The second-order valence-corrected chi connectivity index (χ2v) is 5.77. The molecule has 0 saturated carbocycles. The normalized spacial score (nSPS) is 12.9. The van der Waals surface area contributed by atoms with Crippen LogP contribution in [0.25, 0.3) is 0 Å². The first kappa shape index (κ1) is 16.4. The molecule has 0 fully saturated rings. The van der Waals surface area contributed by atoms with Crippen LogP contribution in [0.3, 0.4) is 0 Å². The van der Waals surface area contributed by atoms with Gasteiger partial charge in [-0.05, 0) is 37.6 Å². The van der Waals surface area contributed by atoms with Crippen molar-refractivity contribution >= 4 is 16.0 Å². The molecule has 1 aromatic rings. The molecule has 3 N–H and O–H groups in total. The fraction of sp³-hybridized carbons (Fsp3) is 0.417. The summed E-state index contributed by atoms with van der Waals surface area (Å²) in [5.41, 5.74) is 0.616. The zero-order valence-corrected chi connectivity index (χ0v) is 12.0. The number of hydrogen-bond acceptors (Lipinski definition) is 5. The second-order valence-electron chi connectivity index (χ2n) is 4.06. The lowest BCUT2D eigenvalue weighted by Crippen LogP contribution is -2.43. The molecule has 0 saturated heterocycles. The molecule has 0 aliphatic rings. The highest BCUT2D eigenvalue weighted by Gasteiger charge is 2.25. The van der Waals surface area contributed by atoms with Gasteiger partial charge in [-0.15, -0.1) is 0 Å². The van der Waals surface area contributed by atoms with Crippen LogP contribution in [0.5, 0.6) is 5.75 Å². The van der Waals surface area contributed by atoms with E-state index in [1.54, 1.807) is 6.92 Å². The Morgan fingerprint density at radius 1 is 1.45 bits per heavy atom. The molecule has 0 aromatic heterocycles. The lowest BCUT2D eigenvalue weighted by atomic mass is 10.2. The van der Waals surface area contributed by atoms with Crippen molar-refractivity contribution in [1.29, 1.82) is 0 Å². The first-order valence-electron chi connectivity index (χ1n) is 5.91. The van der Waals surface area contributed by atoms with Gasteiger partial charge >= 0.3 is 5.97 Å². The number of sulfonamides is 1. The third-order valence-electron chi connectivity index (χ3n) is 2.53. The number of carbonyl (C=O) groups is 1. The van der Waals surface area contributed by atoms with Gasteiger partial charge in [0, 0.05) is 0 Å². The summed E-state index contributed by atoms with van der Waals surface area (Å²) in [5, 5.41) is 17.6. The van der Waals surface area contributed by atoms with Gasteiger partial charge in [0.1, 0.15) is 11.8 Å². The Hall–Kier alpha value is -1.64. The van der Waals surface area contributed by atoms with Crippen molar-refractivity contribution in [3.8, 4) is 5.75 Å². The van der Waals surface area contributed by atoms with Crippen LogP contribution in [0.2, 0.25) is 0 Å². The molecule has 0 spiro atoms. The van der Waals surface area contributed by atoms with E-state index >= 15 is 0 Å². The standard InChI is InChI=1S/C12H17NO6S/c1-3-19-11-5-4-9(6-8(11)2)20(17,18)13-10(7-14)12(15)16/h4-6,10,13-14H,3,7H2,1-2H3,(H,15,16). The minimum absolute atomic E-state index is 0.0850. The van der Waals surface area contributed by atoms with Crippen molar-refractivity contribution in [1.82, 2.24) is 4.72 Å². The molecule has 20 heavy (non-hydrogen) atoms. The van der Waals surface area contributed by atoms with E-state index < -0.39 is 28.6 Å².